The Bertz CT molecular complexity index is 670. The van der Waals surface area contributed by atoms with Crippen LogP contribution >= 0.6 is 0 Å². The van der Waals surface area contributed by atoms with Crippen molar-refractivity contribution in [2.75, 3.05) is 23.4 Å². The van der Waals surface area contributed by atoms with Crippen molar-refractivity contribution in [2.45, 2.75) is 38.3 Å². The molecule has 1 atom stereocenters. The minimum absolute atomic E-state index is 0.0621. The van der Waals surface area contributed by atoms with E-state index < -0.39 is 9.84 Å². The highest BCUT2D eigenvalue weighted by Gasteiger charge is 2.34. The lowest BCUT2D eigenvalue weighted by Crippen LogP contribution is -2.41. The molecule has 2 aliphatic rings. The minimum atomic E-state index is -3.01. The van der Waals surface area contributed by atoms with Crippen LogP contribution in [0.4, 0.5) is 5.69 Å². The molecule has 1 aliphatic heterocycles. The summed E-state index contributed by atoms with van der Waals surface area (Å²) in [7, 11) is -3.01. The zero-order chi connectivity index (χ0) is 15.7. The average Bonchev–Trinajstić information content (AvgIpc) is 3.22. The number of sulfone groups is 1. The first-order chi connectivity index (χ1) is 10.5. The number of aromatic nitrogens is 1. The van der Waals surface area contributed by atoms with Crippen molar-refractivity contribution in [3.8, 4) is 0 Å². The van der Waals surface area contributed by atoms with Crippen molar-refractivity contribution < 1.29 is 13.2 Å². The summed E-state index contributed by atoms with van der Waals surface area (Å²) < 4.78 is 23.3. The van der Waals surface area contributed by atoms with E-state index in [0.29, 0.717) is 24.7 Å². The molecule has 1 N–H and O–H groups in total. The number of hydrogen-bond donors (Lipinski definition) is 1. The second-order valence-corrected chi connectivity index (χ2v) is 8.23. The fraction of sp³-hybridized carbons (Fsp3) is 0.600. The number of pyridine rings is 1. The summed E-state index contributed by atoms with van der Waals surface area (Å²) in [6.07, 6.45) is 4.46. The molecule has 0 bridgehead atoms. The molecule has 0 spiro atoms. The molecule has 3 rings (SSSR count). The van der Waals surface area contributed by atoms with Gasteiger partial charge in [0.25, 0.3) is 5.91 Å². The molecule has 1 amide bonds. The number of anilines is 1. The van der Waals surface area contributed by atoms with Crippen molar-refractivity contribution in [3.05, 3.63) is 24.0 Å². The van der Waals surface area contributed by atoms with Crippen LogP contribution in [0.15, 0.2) is 18.3 Å². The van der Waals surface area contributed by atoms with Gasteiger partial charge >= 0.3 is 0 Å². The Kier molecular flexibility index (Phi) is 4.08. The molecule has 1 saturated heterocycles. The van der Waals surface area contributed by atoms with E-state index in [1.165, 1.54) is 0 Å². The zero-order valence-electron chi connectivity index (χ0n) is 12.7. The standard InChI is InChI=1S/C15H21N3O3S/c1-2-18(13-6-8-22(20,21)10-13)15(19)14-9-12(5-7-16-14)17-11-3-4-11/h5,7,9,11,13H,2-4,6,8,10H2,1H3,(H,16,17). The van der Waals surface area contributed by atoms with Crippen LogP contribution in [-0.4, -0.2) is 54.3 Å². The summed E-state index contributed by atoms with van der Waals surface area (Å²) in [5, 5.41) is 3.34. The van der Waals surface area contributed by atoms with E-state index in [-0.39, 0.29) is 23.5 Å². The first-order valence-electron chi connectivity index (χ1n) is 7.72. The van der Waals surface area contributed by atoms with Crippen LogP contribution in [0, 0.1) is 0 Å². The van der Waals surface area contributed by atoms with E-state index in [2.05, 4.69) is 10.3 Å². The van der Waals surface area contributed by atoms with Gasteiger partial charge in [0, 0.05) is 30.5 Å². The van der Waals surface area contributed by atoms with Gasteiger partial charge in [-0.2, -0.15) is 0 Å². The monoisotopic (exact) mass is 323 g/mol. The molecule has 6 nitrogen and oxygen atoms in total. The summed E-state index contributed by atoms with van der Waals surface area (Å²) in [5.74, 6) is 0.0362. The Morgan fingerprint density at radius 2 is 2.18 bits per heavy atom. The van der Waals surface area contributed by atoms with Gasteiger partial charge in [-0.05, 0) is 38.3 Å². The third-order valence-corrected chi connectivity index (χ3v) is 5.93. The molecule has 7 heteroatoms. The van der Waals surface area contributed by atoms with Gasteiger partial charge in [-0.3, -0.25) is 9.78 Å². The first kappa shape index (κ1) is 15.3. The van der Waals surface area contributed by atoms with Gasteiger partial charge in [0.1, 0.15) is 5.69 Å². The molecule has 0 aromatic carbocycles. The van der Waals surface area contributed by atoms with Gasteiger partial charge in [-0.15, -0.1) is 0 Å². The van der Waals surface area contributed by atoms with Gasteiger partial charge in [0.15, 0.2) is 9.84 Å². The topological polar surface area (TPSA) is 79.4 Å². The van der Waals surface area contributed by atoms with Crippen molar-refractivity contribution in [3.63, 3.8) is 0 Å². The van der Waals surface area contributed by atoms with Crippen LogP contribution < -0.4 is 5.32 Å². The summed E-state index contributed by atoms with van der Waals surface area (Å²) in [6, 6.07) is 3.88. The SMILES string of the molecule is CCN(C(=O)c1cc(NC2CC2)ccn1)C1CCS(=O)(=O)C1. The molecule has 1 aromatic rings. The average molecular weight is 323 g/mol. The van der Waals surface area contributed by atoms with Gasteiger partial charge in [0.05, 0.1) is 11.5 Å². The summed E-state index contributed by atoms with van der Waals surface area (Å²) in [4.78, 5) is 18.5. The van der Waals surface area contributed by atoms with Crippen molar-refractivity contribution >= 4 is 21.4 Å². The number of carbonyl (C=O) groups excluding carboxylic acids is 1. The lowest BCUT2D eigenvalue weighted by molar-refractivity contribution is 0.0702. The number of rotatable bonds is 5. The normalized spacial score (nSPS) is 23.2. The maximum absolute atomic E-state index is 12.7. The largest absolute Gasteiger partial charge is 0.382 e. The molecule has 22 heavy (non-hydrogen) atoms. The van der Waals surface area contributed by atoms with E-state index in [9.17, 15) is 13.2 Å². The molecule has 2 heterocycles. The maximum Gasteiger partial charge on any atom is 0.272 e. The molecular weight excluding hydrogens is 302 g/mol. The van der Waals surface area contributed by atoms with Gasteiger partial charge in [-0.1, -0.05) is 0 Å². The fourth-order valence-corrected chi connectivity index (χ4v) is 4.57. The third-order valence-electron chi connectivity index (χ3n) is 4.18. The predicted octanol–water partition coefficient (Wildman–Crippen LogP) is 1.31. The number of nitrogens with zero attached hydrogens (tertiary/aromatic N) is 2. The van der Waals surface area contributed by atoms with E-state index in [0.717, 1.165) is 18.5 Å². The maximum atomic E-state index is 12.7. The van der Waals surface area contributed by atoms with Crippen LogP contribution in [0.25, 0.3) is 0 Å². The Balaban J connectivity index is 1.76. The highest BCUT2D eigenvalue weighted by atomic mass is 32.2. The molecule has 1 aliphatic carbocycles. The number of nitrogens with one attached hydrogen (secondary N) is 1. The van der Waals surface area contributed by atoms with Crippen molar-refractivity contribution in [1.29, 1.82) is 0 Å². The summed E-state index contributed by atoms with van der Waals surface area (Å²) >= 11 is 0. The lowest BCUT2D eigenvalue weighted by atomic mass is 10.2. The Morgan fingerprint density at radius 3 is 2.77 bits per heavy atom. The van der Waals surface area contributed by atoms with Gasteiger partial charge in [-0.25, -0.2) is 8.42 Å². The molecular formula is C15H21N3O3S. The smallest absolute Gasteiger partial charge is 0.272 e. The second kappa shape index (κ2) is 5.87. The molecule has 1 aromatic heterocycles. The minimum Gasteiger partial charge on any atom is -0.382 e. The van der Waals surface area contributed by atoms with Crippen LogP contribution in [0.2, 0.25) is 0 Å². The number of carbonyl (C=O) groups is 1. The zero-order valence-corrected chi connectivity index (χ0v) is 13.5. The van der Waals surface area contributed by atoms with Gasteiger partial charge < -0.3 is 10.2 Å². The van der Waals surface area contributed by atoms with Crippen LogP contribution in [-0.2, 0) is 9.84 Å². The molecule has 1 saturated carbocycles. The highest BCUT2D eigenvalue weighted by molar-refractivity contribution is 7.91. The summed E-state index contributed by atoms with van der Waals surface area (Å²) in [5.41, 5.74) is 1.27. The van der Waals surface area contributed by atoms with E-state index in [4.69, 9.17) is 0 Å². The lowest BCUT2D eigenvalue weighted by Gasteiger charge is -2.26. The number of hydrogen-bond acceptors (Lipinski definition) is 5. The van der Waals surface area contributed by atoms with E-state index in [1.54, 1.807) is 17.2 Å². The van der Waals surface area contributed by atoms with E-state index in [1.807, 2.05) is 13.0 Å². The Hall–Kier alpha value is -1.63. The first-order valence-corrected chi connectivity index (χ1v) is 9.54. The van der Waals surface area contributed by atoms with Crippen molar-refractivity contribution in [2.24, 2.45) is 0 Å². The Morgan fingerprint density at radius 1 is 1.41 bits per heavy atom. The fourth-order valence-electron chi connectivity index (χ4n) is 2.84. The van der Waals surface area contributed by atoms with E-state index >= 15 is 0 Å². The Labute approximate surface area is 130 Å². The molecule has 120 valence electrons. The predicted molar refractivity (Wildman–Crippen MR) is 84.7 cm³/mol. The number of amides is 1. The summed E-state index contributed by atoms with van der Waals surface area (Å²) in [6.45, 7) is 2.36. The highest BCUT2D eigenvalue weighted by Crippen LogP contribution is 2.25. The van der Waals surface area contributed by atoms with Crippen LogP contribution in [0.3, 0.4) is 0 Å². The van der Waals surface area contributed by atoms with Gasteiger partial charge in [0.2, 0.25) is 0 Å². The quantitative estimate of drug-likeness (QED) is 0.884. The van der Waals surface area contributed by atoms with Crippen LogP contribution in [0.5, 0.6) is 0 Å². The second-order valence-electron chi connectivity index (χ2n) is 6.00. The van der Waals surface area contributed by atoms with Crippen molar-refractivity contribution in [1.82, 2.24) is 9.88 Å². The van der Waals surface area contributed by atoms with Crippen LogP contribution in [0.1, 0.15) is 36.7 Å². The molecule has 2 fully saturated rings. The molecule has 0 radical (unpaired) electrons. The third kappa shape index (κ3) is 3.40. The molecule has 1 unspecified atom stereocenters.